The van der Waals surface area contributed by atoms with E-state index in [0.29, 0.717) is 12.6 Å². The van der Waals surface area contributed by atoms with Gasteiger partial charge in [-0.3, -0.25) is 9.69 Å². The SMILES string of the molecule is CCCC(C(=O)O)N1CCOC2CCCC21. The van der Waals surface area contributed by atoms with E-state index >= 15 is 0 Å². The van der Waals surface area contributed by atoms with Crippen molar-refractivity contribution in [3.05, 3.63) is 0 Å². The predicted octanol–water partition coefficient (Wildman–Crippen LogP) is 1.49. The van der Waals surface area contributed by atoms with Gasteiger partial charge in [0, 0.05) is 12.6 Å². The fourth-order valence-electron chi connectivity index (χ4n) is 3.05. The first-order valence-corrected chi connectivity index (χ1v) is 6.34. The van der Waals surface area contributed by atoms with Gasteiger partial charge in [-0.05, 0) is 25.7 Å². The van der Waals surface area contributed by atoms with Gasteiger partial charge < -0.3 is 9.84 Å². The van der Waals surface area contributed by atoms with E-state index in [9.17, 15) is 9.90 Å². The van der Waals surface area contributed by atoms with E-state index in [1.54, 1.807) is 0 Å². The van der Waals surface area contributed by atoms with Crippen molar-refractivity contribution in [3.63, 3.8) is 0 Å². The second kappa shape index (κ2) is 5.15. The molecule has 4 heteroatoms. The third kappa shape index (κ3) is 2.23. The van der Waals surface area contributed by atoms with Gasteiger partial charge in [0.15, 0.2) is 0 Å². The molecule has 92 valence electrons. The van der Waals surface area contributed by atoms with Crippen LogP contribution in [-0.4, -0.2) is 47.3 Å². The summed E-state index contributed by atoms with van der Waals surface area (Å²) in [7, 11) is 0. The summed E-state index contributed by atoms with van der Waals surface area (Å²) in [5.41, 5.74) is 0. The van der Waals surface area contributed by atoms with Crippen LogP contribution in [0.5, 0.6) is 0 Å². The maximum Gasteiger partial charge on any atom is 0.320 e. The van der Waals surface area contributed by atoms with E-state index in [2.05, 4.69) is 4.90 Å². The quantitative estimate of drug-likeness (QED) is 0.790. The van der Waals surface area contributed by atoms with Crippen LogP contribution in [0, 0.1) is 0 Å². The molecular formula is C12H21NO3. The number of hydrogen-bond donors (Lipinski definition) is 1. The number of carbonyl (C=O) groups is 1. The van der Waals surface area contributed by atoms with E-state index in [0.717, 1.165) is 32.2 Å². The normalized spacial score (nSPS) is 32.3. The summed E-state index contributed by atoms with van der Waals surface area (Å²) in [6, 6.07) is 0.0425. The van der Waals surface area contributed by atoms with Gasteiger partial charge in [0.1, 0.15) is 6.04 Å². The fraction of sp³-hybridized carbons (Fsp3) is 0.917. The van der Waals surface area contributed by atoms with E-state index in [4.69, 9.17) is 4.74 Å². The third-order valence-corrected chi connectivity index (χ3v) is 3.77. The number of hydrogen-bond acceptors (Lipinski definition) is 3. The first-order valence-electron chi connectivity index (χ1n) is 6.34. The lowest BCUT2D eigenvalue weighted by Gasteiger charge is -2.40. The van der Waals surface area contributed by atoms with Gasteiger partial charge in [-0.25, -0.2) is 0 Å². The summed E-state index contributed by atoms with van der Waals surface area (Å²) in [5.74, 6) is -0.672. The zero-order valence-corrected chi connectivity index (χ0v) is 9.89. The lowest BCUT2D eigenvalue weighted by molar-refractivity contribution is -0.150. The second-order valence-corrected chi connectivity index (χ2v) is 4.79. The molecule has 4 nitrogen and oxygen atoms in total. The van der Waals surface area contributed by atoms with Crippen molar-refractivity contribution < 1.29 is 14.6 Å². The summed E-state index contributed by atoms with van der Waals surface area (Å²) < 4.78 is 5.71. The maximum atomic E-state index is 11.3. The van der Waals surface area contributed by atoms with Crippen LogP contribution in [-0.2, 0) is 9.53 Å². The lowest BCUT2D eigenvalue weighted by Crippen LogP contribution is -2.55. The molecule has 1 aliphatic heterocycles. The molecule has 16 heavy (non-hydrogen) atoms. The van der Waals surface area contributed by atoms with Crippen molar-refractivity contribution in [1.29, 1.82) is 0 Å². The molecular weight excluding hydrogens is 206 g/mol. The molecule has 1 heterocycles. The average Bonchev–Trinajstić information content (AvgIpc) is 2.73. The monoisotopic (exact) mass is 227 g/mol. The highest BCUT2D eigenvalue weighted by Gasteiger charge is 2.40. The molecule has 0 aromatic carbocycles. The van der Waals surface area contributed by atoms with Gasteiger partial charge in [-0.15, -0.1) is 0 Å². The van der Waals surface area contributed by atoms with Crippen molar-refractivity contribution >= 4 is 5.97 Å². The van der Waals surface area contributed by atoms with Crippen molar-refractivity contribution in [2.75, 3.05) is 13.2 Å². The van der Waals surface area contributed by atoms with Crippen LogP contribution in [0.1, 0.15) is 39.0 Å². The highest BCUT2D eigenvalue weighted by atomic mass is 16.5. The number of fused-ring (bicyclic) bond motifs is 1. The Labute approximate surface area is 96.6 Å². The number of morpholine rings is 1. The Balaban J connectivity index is 2.07. The molecule has 2 fully saturated rings. The van der Waals surface area contributed by atoms with Crippen LogP contribution in [0.25, 0.3) is 0 Å². The van der Waals surface area contributed by atoms with Crippen molar-refractivity contribution in [2.24, 2.45) is 0 Å². The smallest absolute Gasteiger partial charge is 0.320 e. The van der Waals surface area contributed by atoms with Gasteiger partial charge in [0.25, 0.3) is 0 Å². The summed E-state index contributed by atoms with van der Waals surface area (Å²) in [6.45, 7) is 3.51. The Morgan fingerprint density at radius 1 is 1.56 bits per heavy atom. The zero-order valence-electron chi connectivity index (χ0n) is 9.89. The molecule has 1 saturated heterocycles. The number of aliphatic carboxylic acids is 1. The minimum Gasteiger partial charge on any atom is -0.480 e. The zero-order chi connectivity index (χ0) is 11.5. The summed E-state index contributed by atoms with van der Waals surface area (Å²) in [4.78, 5) is 13.5. The topological polar surface area (TPSA) is 49.8 Å². The highest BCUT2D eigenvalue weighted by Crippen LogP contribution is 2.31. The fourth-order valence-corrected chi connectivity index (χ4v) is 3.05. The molecule has 3 atom stereocenters. The van der Waals surface area contributed by atoms with Gasteiger partial charge in [0.2, 0.25) is 0 Å². The molecule has 1 aliphatic carbocycles. The third-order valence-electron chi connectivity index (χ3n) is 3.77. The molecule has 0 spiro atoms. The van der Waals surface area contributed by atoms with E-state index in [-0.39, 0.29) is 12.1 Å². The van der Waals surface area contributed by atoms with Crippen LogP contribution in [0.4, 0.5) is 0 Å². The minimum absolute atomic E-state index is 0.285. The summed E-state index contributed by atoms with van der Waals surface area (Å²) >= 11 is 0. The Hall–Kier alpha value is -0.610. The van der Waals surface area contributed by atoms with Crippen LogP contribution >= 0.6 is 0 Å². The maximum absolute atomic E-state index is 11.3. The molecule has 0 aromatic heterocycles. The number of carboxylic acids is 1. The van der Waals surface area contributed by atoms with E-state index in [1.165, 1.54) is 6.42 Å². The largest absolute Gasteiger partial charge is 0.480 e. The molecule has 0 radical (unpaired) electrons. The molecule has 0 amide bonds. The number of ether oxygens (including phenoxy) is 1. The van der Waals surface area contributed by atoms with Crippen LogP contribution in [0.15, 0.2) is 0 Å². The Bertz CT molecular complexity index is 257. The molecule has 2 aliphatic rings. The molecule has 2 rings (SSSR count). The minimum atomic E-state index is -0.672. The first kappa shape index (κ1) is 11.9. The van der Waals surface area contributed by atoms with Crippen molar-refractivity contribution in [1.82, 2.24) is 4.90 Å². The van der Waals surface area contributed by atoms with Gasteiger partial charge in [-0.2, -0.15) is 0 Å². The van der Waals surface area contributed by atoms with E-state index < -0.39 is 5.97 Å². The Morgan fingerprint density at radius 2 is 2.38 bits per heavy atom. The summed E-state index contributed by atoms with van der Waals surface area (Å²) in [5, 5.41) is 9.29. The molecule has 3 unspecified atom stereocenters. The Kier molecular flexibility index (Phi) is 3.82. The number of rotatable bonds is 4. The molecule has 0 aromatic rings. The standard InChI is InChI=1S/C12H21NO3/c1-2-4-10(12(14)15)13-7-8-16-11-6-3-5-9(11)13/h9-11H,2-8H2,1H3,(H,14,15). The first-order chi connectivity index (χ1) is 7.74. The number of nitrogens with zero attached hydrogens (tertiary/aromatic N) is 1. The molecule has 0 bridgehead atoms. The number of carboxylic acid groups (broad SMARTS) is 1. The predicted molar refractivity (Wildman–Crippen MR) is 60.4 cm³/mol. The van der Waals surface area contributed by atoms with Crippen LogP contribution in [0.2, 0.25) is 0 Å². The van der Waals surface area contributed by atoms with Gasteiger partial charge >= 0.3 is 5.97 Å². The average molecular weight is 227 g/mol. The summed E-state index contributed by atoms with van der Waals surface area (Å²) in [6.07, 6.45) is 5.32. The second-order valence-electron chi connectivity index (χ2n) is 4.79. The van der Waals surface area contributed by atoms with Gasteiger partial charge in [-0.1, -0.05) is 13.3 Å². The van der Waals surface area contributed by atoms with E-state index in [1.807, 2.05) is 6.92 Å². The highest BCUT2D eigenvalue weighted by molar-refractivity contribution is 5.73. The Morgan fingerprint density at radius 3 is 3.06 bits per heavy atom. The van der Waals surface area contributed by atoms with Crippen molar-refractivity contribution in [3.8, 4) is 0 Å². The van der Waals surface area contributed by atoms with Crippen molar-refractivity contribution in [2.45, 2.75) is 57.2 Å². The van der Waals surface area contributed by atoms with Crippen LogP contribution in [0.3, 0.4) is 0 Å². The van der Waals surface area contributed by atoms with Crippen LogP contribution < -0.4 is 0 Å². The van der Waals surface area contributed by atoms with Gasteiger partial charge in [0.05, 0.1) is 12.7 Å². The molecule has 1 N–H and O–H groups in total. The lowest BCUT2D eigenvalue weighted by atomic mass is 10.0. The molecule has 1 saturated carbocycles.